The van der Waals surface area contributed by atoms with E-state index in [-0.39, 0.29) is 0 Å². The highest BCUT2D eigenvalue weighted by Gasteiger charge is 2.10. The minimum atomic E-state index is 0.744. The molecule has 0 radical (unpaired) electrons. The van der Waals surface area contributed by atoms with E-state index in [1.165, 1.54) is 18.4 Å². The fraction of sp³-hybridized carbons (Fsp3) is 0.222. The van der Waals surface area contributed by atoms with Gasteiger partial charge in [-0.1, -0.05) is 37.1 Å². The monoisotopic (exact) mass is 328 g/mol. The van der Waals surface area contributed by atoms with Crippen molar-refractivity contribution >= 4 is 22.9 Å². The molecule has 3 aromatic rings. The highest BCUT2D eigenvalue weighted by molar-refractivity contribution is 7.13. The van der Waals surface area contributed by atoms with Crippen molar-refractivity contribution in [1.29, 1.82) is 0 Å². The Morgan fingerprint density at radius 1 is 1.14 bits per heavy atom. The topological polar surface area (TPSA) is 25.8 Å². The van der Waals surface area contributed by atoms with Gasteiger partial charge in [-0.05, 0) is 36.6 Å². The minimum Gasteiger partial charge on any atom is -0.264 e. The molecule has 2 nitrogen and oxygen atoms in total. The molecule has 0 aliphatic rings. The Bertz CT molecular complexity index is 750. The van der Waals surface area contributed by atoms with Crippen LogP contribution < -0.4 is 0 Å². The van der Waals surface area contributed by atoms with Crippen LogP contribution >= 0.6 is 22.9 Å². The molecule has 0 fully saturated rings. The summed E-state index contributed by atoms with van der Waals surface area (Å²) in [6.07, 6.45) is 7.24. The van der Waals surface area contributed by atoms with Gasteiger partial charge in [0.15, 0.2) is 0 Å². The highest BCUT2D eigenvalue weighted by atomic mass is 35.5. The van der Waals surface area contributed by atoms with Gasteiger partial charge in [0, 0.05) is 33.9 Å². The Labute approximate surface area is 139 Å². The SMILES string of the molecule is CCCCc1ccncc1-c1nc(-c2ccc(Cl)cc2)cs1. The second-order valence-corrected chi connectivity index (χ2v) is 6.48. The van der Waals surface area contributed by atoms with Crippen LogP contribution in [-0.2, 0) is 6.42 Å². The van der Waals surface area contributed by atoms with Gasteiger partial charge >= 0.3 is 0 Å². The van der Waals surface area contributed by atoms with Gasteiger partial charge in [-0.3, -0.25) is 4.98 Å². The van der Waals surface area contributed by atoms with Crippen LogP contribution in [0.2, 0.25) is 5.02 Å². The van der Waals surface area contributed by atoms with Crippen LogP contribution in [0.5, 0.6) is 0 Å². The van der Waals surface area contributed by atoms with E-state index < -0.39 is 0 Å². The zero-order valence-electron chi connectivity index (χ0n) is 12.4. The van der Waals surface area contributed by atoms with Gasteiger partial charge in [0.1, 0.15) is 5.01 Å². The molecule has 0 atom stereocenters. The molecule has 0 saturated carbocycles. The van der Waals surface area contributed by atoms with Gasteiger partial charge in [0.25, 0.3) is 0 Å². The third-order valence-electron chi connectivity index (χ3n) is 3.59. The smallest absolute Gasteiger partial charge is 0.125 e. The summed E-state index contributed by atoms with van der Waals surface area (Å²) in [6, 6.07) is 9.90. The third kappa shape index (κ3) is 3.37. The van der Waals surface area contributed by atoms with Crippen LogP contribution in [0.4, 0.5) is 0 Å². The number of aromatic nitrogens is 2. The summed E-state index contributed by atoms with van der Waals surface area (Å²) in [7, 11) is 0. The van der Waals surface area contributed by atoms with E-state index in [2.05, 4.69) is 23.4 Å². The van der Waals surface area contributed by atoms with Crippen LogP contribution in [0.25, 0.3) is 21.8 Å². The minimum absolute atomic E-state index is 0.744. The van der Waals surface area contributed by atoms with Crippen LogP contribution in [-0.4, -0.2) is 9.97 Å². The van der Waals surface area contributed by atoms with Crippen LogP contribution in [0.1, 0.15) is 25.3 Å². The zero-order valence-corrected chi connectivity index (χ0v) is 14.0. The van der Waals surface area contributed by atoms with Gasteiger partial charge in [-0.2, -0.15) is 0 Å². The van der Waals surface area contributed by atoms with Gasteiger partial charge in [-0.15, -0.1) is 11.3 Å². The summed E-state index contributed by atoms with van der Waals surface area (Å²) in [6.45, 7) is 2.21. The van der Waals surface area contributed by atoms with E-state index in [9.17, 15) is 0 Å². The molecule has 4 heteroatoms. The molecule has 2 heterocycles. The molecule has 3 rings (SSSR count). The molecule has 1 aromatic carbocycles. The maximum atomic E-state index is 5.94. The second-order valence-electron chi connectivity index (χ2n) is 5.18. The van der Waals surface area contributed by atoms with Crippen molar-refractivity contribution in [2.24, 2.45) is 0 Å². The summed E-state index contributed by atoms with van der Waals surface area (Å²) in [5.74, 6) is 0. The second kappa shape index (κ2) is 7.03. The Kier molecular flexibility index (Phi) is 4.86. The first kappa shape index (κ1) is 15.2. The Balaban J connectivity index is 1.92. The number of aryl methyl sites for hydroxylation is 1. The van der Waals surface area contributed by atoms with Gasteiger partial charge < -0.3 is 0 Å². The fourth-order valence-corrected chi connectivity index (χ4v) is 3.35. The Hall–Kier alpha value is -1.71. The van der Waals surface area contributed by atoms with Gasteiger partial charge in [0.05, 0.1) is 5.69 Å². The number of thiazole rings is 1. The summed E-state index contributed by atoms with van der Waals surface area (Å²) in [4.78, 5) is 9.06. The first-order valence-corrected chi connectivity index (χ1v) is 8.68. The number of hydrogen-bond acceptors (Lipinski definition) is 3. The van der Waals surface area contributed by atoms with E-state index in [0.29, 0.717) is 0 Å². The number of benzene rings is 1. The molecule has 0 saturated heterocycles. The summed E-state index contributed by atoms with van der Waals surface area (Å²) in [5.41, 5.74) is 4.56. The Morgan fingerprint density at radius 3 is 2.73 bits per heavy atom. The molecule has 0 amide bonds. The maximum Gasteiger partial charge on any atom is 0.125 e. The van der Waals surface area contributed by atoms with E-state index in [4.69, 9.17) is 16.6 Å². The van der Waals surface area contributed by atoms with Crippen molar-refractivity contribution in [3.8, 4) is 21.8 Å². The zero-order chi connectivity index (χ0) is 15.4. The molecule has 22 heavy (non-hydrogen) atoms. The van der Waals surface area contributed by atoms with Crippen molar-refractivity contribution in [1.82, 2.24) is 9.97 Å². The lowest BCUT2D eigenvalue weighted by Gasteiger charge is -2.05. The molecule has 112 valence electrons. The average Bonchev–Trinajstić information content (AvgIpc) is 3.03. The third-order valence-corrected chi connectivity index (χ3v) is 4.71. The summed E-state index contributed by atoms with van der Waals surface area (Å²) >= 11 is 7.61. The number of unbranched alkanes of at least 4 members (excludes halogenated alkanes) is 1. The lowest BCUT2D eigenvalue weighted by Crippen LogP contribution is -1.91. The van der Waals surface area contributed by atoms with Crippen molar-refractivity contribution in [3.63, 3.8) is 0 Å². The summed E-state index contributed by atoms with van der Waals surface area (Å²) < 4.78 is 0. The van der Waals surface area contributed by atoms with Crippen LogP contribution in [0.3, 0.4) is 0 Å². The molecular weight excluding hydrogens is 312 g/mol. The molecule has 2 aromatic heterocycles. The summed E-state index contributed by atoms with van der Waals surface area (Å²) in [5, 5.41) is 3.87. The number of rotatable bonds is 5. The molecule has 0 unspecified atom stereocenters. The van der Waals surface area contributed by atoms with E-state index in [0.717, 1.165) is 33.3 Å². The van der Waals surface area contributed by atoms with E-state index in [1.54, 1.807) is 11.3 Å². The number of hydrogen-bond donors (Lipinski definition) is 0. The van der Waals surface area contributed by atoms with Crippen LogP contribution in [0.15, 0.2) is 48.1 Å². The predicted octanol–water partition coefficient (Wildman–Crippen LogP) is 5.87. The average molecular weight is 329 g/mol. The van der Waals surface area contributed by atoms with Crippen LogP contribution in [0, 0.1) is 0 Å². The standard InChI is InChI=1S/C18H17ClN2S/c1-2-3-4-13-9-10-20-11-16(13)18-21-17(12-22-18)14-5-7-15(19)8-6-14/h5-12H,2-4H2,1H3. The Morgan fingerprint density at radius 2 is 1.95 bits per heavy atom. The molecule has 0 aliphatic heterocycles. The molecule has 0 aliphatic carbocycles. The largest absolute Gasteiger partial charge is 0.264 e. The molecule has 0 bridgehead atoms. The lowest BCUT2D eigenvalue weighted by atomic mass is 10.0. The molecular formula is C18H17ClN2S. The van der Waals surface area contributed by atoms with Gasteiger partial charge in [-0.25, -0.2) is 4.98 Å². The quantitative estimate of drug-likeness (QED) is 0.585. The normalized spacial score (nSPS) is 10.8. The van der Waals surface area contributed by atoms with Crippen molar-refractivity contribution in [2.75, 3.05) is 0 Å². The van der Waals surface area contributed by atoms with Crippen molar-refractivity contribution < 1.29 is 0 Å². The first-order valence-electron chi connectivity index (χ1n) is 7.42. The fourth-order valence-electron chi connectivity index (χ4n) is 2.35. The van der Waals surface area contributed by atoms with Crippen molar-refractivity contribution in [3.05, 3.63) is 58.7 Å². The maximum absolute atomic E-state index is 5.94. The molecule has 0 spiro atoms. The number of halogens is 1. The lowest BCUT2D eigenvalue weighted by molar-refractivity contribution is 0.795. The van der Waals surface area contributed by atoms with E-state index in [1.807, 2.05) is 36.7 Å². The predicted molar refractivity (Wildman–Crippen MR) is 94.4 cm³/mol. The van der Waals surface area contributed by atoms with Crippen molar-refractivity contribution in [2.45, 2.75) is 26.2 Å². The number of nitrogens with zero attached hydrogens (tertiary/aromatic N) is 2. The van der Waals surface area contributed by atoms with E-state index >= 15 is 0 Å². The van der Waals surface area contributed by atoms with Gasteiger partial charge in [0.2, 0.25) is 0 Å². The number of pyridine rings is 1. The first-order chi connectivity index (χ1) is 10.8. The highest BCUT2D eigenvalue weighted by Crippen LogP contribution is 2.31. The molecule has 0 N–H and O–H groups in total.